The first-order valence-corrected chi connectivity index (χ1v) is 10.6. The van der Waals surface area contributed by atoms with Crippen molar-refractivity contribution in [1.29, 1.82) is 0 Å². The summed E-state index contributed by atoms with van der Waals surface area (Å²) in [6, 6.07) is 5.49. The molecule has 1 N–H and O–H groups in total. The lowest BCUT2D eigenvalue weighted by Crippen LogP contribution is -2.36. The van der Waals surface area contributed by atoms with Gasteiger partial charge in [-0.3, -0.25) is 4.79 Å². The summed E-state index contributed by atoms with van der Waals surface area (Å²) in [4.78, 5) is 39.0. The van der Waals surface area contributed by atoms with Gasteiger partial charge in [0.15, 0.2) is 0 Å². The lowest BCUT2D eigenvalue weighted by molar-refractivity contribution is -0.132. The summed E-state index contributed by atoms with van der Waals surface area (Å²) in [5, 5.41) is 5.19. The number of H-pyrrole nitrogens is 1. The smallest absolute Gasteiger partial charge is 0.337 e. The predicted molar refractivity (Wildman–Crippen MR) is 117 cm³/mol. The summed E-state index contributed by atoms with van der Waals surface area (Å²) < 4.78 is 6.56. The Bertz CT molecular complexity index is 1370. The molecule has 0 bridgehead atoms. The van der Waals surface area contributed by atoms with E-state index < -0.39 is 0 Å². The molecule has 0 atom stereocenters. The van der Waals surface area contributed by atoms with Gasteiger partial charge in [0.2, 0.25) is 5.91 Å². The van der Waals surface area contributed by atoms with Gasteiger partial charge in [0.25, 0.3) is 5.78 Å². The summed E-state index contributed by atoms with van der Waals surface area (Å²) >= 11 is 0. The number of aromatic nitrogens is 5. The predicted octanol–water partition coefficient (Wildman–Crippen LogP) is 2.53. The lowest BCUT2D eigenvalue weighted by atomic mass is 10.0. The van der Waals surface area contributed by atoms with Crippen LogP contribution in [0, 0.1) is 13.8 Å². The fourth-order valence-corrected chi connectivity index (χ4v) is 4.58. The average Bonchev–Trinajstić information content (AvgIpc) is 3.41. The number of hydrogen-bond donors (Lipinski definition) is 1. The number of aromatic amines is 1. The van der Waals surface area contributed by atoms with Gasteiger partial charge < -0.3 is 14.6 Å². The van der Waals surface area contributed by atoms with Crippen LogP contribution in [0.1, 0.15) is 45.0 Å². The monoisotopic (exact) mass is 432 g/mol. The molecule has 0 aliphatic carbocycles. The highest BCUT2D eigenvalue weighted by Crippen LogP contribution is 2.29. The summed E-state index contributed by atoms with van der Waals surface area (Å²) in [6.07, 6.45) is 3.24. The van der Waals surface area contributed by atoms with Crippen molar-refractivity contribution in [2.45, 2.75) is 39.7 Å². The van der Waals surface area contributed by atoms with Crippen LogP contribution in [0.15, 0.2) is 24.5 Å². The highest BCUT2D eigenvalue weighted by molar-refractivity contribution is 5.96. The van der Waals surface area contributed by atoms with Gasteiger partial charge >= 0.3 is 5.97 Å². The molecule has 164 valence electrons. The number of benzene rings is 1. The van der Waals surface area contributed by atoms with Gasteiger partial charge in [0, 0.05) is 59.5 Å². The number of ether oxygens (including phenoxy) is 1. The zero-order valence-electron chi connectivity index (χ0n) is 18.3. The first kappa shape index (κ1) is 20.2. The fourth-order valence-electron chi connectivity index (χ4n) is 4.58. The molecule has 9 nitrogen and oxygen atoms in total. The van der Waals surface area contributed by atoms with E-state index in [1.54, 1.807) is 10.6 Å². The topological polar surface area (TPSA) is 105 Å². The Morgan fingerprint density at radius 2 is 2.09 bits per heavy atom. The van der Waals surface area contributed by atoms with Gasteiger partial charge in [-0.1, -0.05) is 0 Å². The molecule has 32 heavy (non-hydrogen) atoms. The zero-order chi connectivity index (χ0) is 22.4. The van der Waals surface area contributed by atoms with Gasteiger partial charge in [-0.2, -0.15) is 10.1 Å². The van der Waals surface area contributed by atoms with E-state index in [0.717, 1.165) is 45.5 Å². The number of amides is 1. The van der Waals surface area contributed by atoms with Crippen LogP contribution in [-0.2, 0) is 28.9 Å². The summed E-state index contributed by atoms with van der Waals surface area (Å²) in [7, 11) is 1.37. The SMILES string of the molecule is COC(=O)c1ccc2[nH]c3c(c2c1)CN(C(=O)CCc1c(C)nc2ncnn2c1C)CC3. The number of fused-ring (bicyclic) bond motifs is 4. The number of aryl methyl sites for hydroxylation is 2. The number of hydrogen-bond acceptors (Lipinski definition) is 6. The molecule has 3 aromatic heterocycles. The maximum atomic E-state index is 13.1. The van der Waals surface area contributed by atoms with Crippen molar-refractivity contribution >= 4 is 28.6 Å². The van der Waals surface area contributed by atoms with Gasteiger partial charge in [-0.05, 0) is 44.0 Å². The molecule has 1 aliphatic rings. The van der Waals surface area contributed by atoms with Crippen LogP contribution >= 0.6 is 0 Å². The third-order valence-corrected chi connectivity index (χ3v) is 6.33. The minimum absolute atomic E-state index is 0.103. The van der Waals surface area contributed by atoms with Crippen molar-refractivity contribution in [1.82, 2.24) is 29.5 Å². The van der Waals surface area contributed by atoms with Crippen LogP contribution in [0.2, 0.25) is 0 Å². The summed E-state index contributed by atoms with van der Waals surface area (Å²) in [5.41, 5.74) is 6.54. The molecule has 0 spiro atoms. The number of carbonyl (C=O) groups excluding carboxylic acids is 2. The van der Waals surface area contributed by atoms with E-state index >= 15 is 0 Å². The van der Waals surface area contributed by atoms with Crippen molar-refractivity contribution < 1.29 is 14.3 Å². The van der Waals surface area contributed by atoms with Crippen LogP contribution in [-0.4, -0.2) is 55.0 Å². The van der Waals surface area contributed by atoms with E-state index in [9.17, 15) is 9.59 Å². The Morgan fingerprint density at radius 1 is 1.25 bits per heavy atom. The maximum absolute atomic E-state index is 13.1. The Hall–Kier alpha value is -3.75. The third kappa shape index (κ3) is 3.30. The summed E-state index contributed by atoms with van der Waals surface area (Å²) in [6.45, 7) is 5.12. The number of carbonyl (C=O) groups is 2. The van der Waals surface area contributed by atoms with E-state index in [2.05, 4.69) is 20.1 Å². The van der Waals surface area contributed by atoms with Crippen molar-refractivity contribution in [3.63, 3.8) is 0 Å². The minimum Gasteiger partial charge on any atom is -0.465 e. The number of esters is 1. The Kier molecular flexibility index (Phi) is 4.88. The van der Waals surface area contributed by atoms with E-state index in [1.165, 1.54) is 13.4 Å². The van der Waals surface area contributed by atoms with Gasteiger partial charge in [0.1, 0.15) is 6.33 Å². The summed E-state index contributed by atoms with van der Waals surface area (Å²) in [5.74, 6) is 0.310. The maximum Gasteiger partial charge on any atom is 0.337 e. The molecule has 0 radical (unpaired) electrons. The van der Waals surface area contributed by atoms with E-state index in [-0.39, 0.29) is 11.9 Å². The first-order valence-electron chi connectivity index (χ1n) is 10.6. The molecule has 0 unspecified atom stereocenters. The Balaban J connectivity index is 1.35. The van der Waals surface area contributed by atoms with Crippen molar-refractivity contribution in [3.05, 3.63) is 58.3 Å². The molecular formula is C23H24N6O3. The molecule has 1 aliphatic heterocycles. The van der Waals surface area contributed by atoms with Crippen LogP contribution in [0.25, 0.3) is 16.7 Å². The fraction of sp³-hybridized carbons (Fsp3) is 0.348. The van der Waals surface area contributed by atoms with Crippen LogP contribution in [0.3, 0.4) is 0 Å². The van der Waals surface area contributed by atoms with Crippen LogP contribution in [0.4, 0.5) is 0 Å². The standard InChI is InChI=1S/C23H24N6O3/c1-13-16(14(2)29-23(26-13)24-12-25-29)5-7-21(30)28-9-8-20-18(11-28)17-10-15(22(31)32-3)4-6-19(17)27-20/h4,6,10,12,27H,5,7-9,11H2,1-3H3. The van der Waals surface area contributed by atoms with Gasteiger partial charge in [0.05, 0.1) is 12.7 Å². The number of nitrogens with one attached hydrogen (secondary N) is 1. The van der Waals surface area contributed by atoms with Crippen molar-refractivity contribution in [3.8, 4) is 0 Å². The van der Waals surface area contributed by atoms with Gasteiger partial charge in [-0.15, -0.1) is 0 Å². The molecule has 4 aromatic rings. The first-order chi connectivity index (χ1) is 15.5. The number of methoxy groups -OCH3 is 1. The van der Waals surface area contributed by atoms with Crippen LogP contribution in [0.5, 0.6) is 0 Å². The Labute approximate surface area is 184 Å². The number of rotatable bonds is 4. The molecule has 1 aromatic carbocycles. The highest BCUT2D eigenvalue weighted by Gasteiger charge is 2.25. The highest BCUT2D eigenvalue weighted by atomic mass is 16.5. The van der Waals surface area contributed by atoms with Crippen molar-refractivity contribution in [2.24, 2.45) is 0 Å². The molecule has 4 heterocycles. The Morgan fingerprint density at radius 3 is 2.91 bits per heavy atom. The van der Waals surface area contributed by atoms with Crippen LogP contribution < -0.4 is 0 Å². The van der Waals surface area contributed by atoms with E-state index in [4.69, 9.17) is 4.74 Å². The molecular weight excluding hydrogens is 408 g/mol. The molecule has 0 saturated heterocycles. The average molecular weight is 432 g/mol. The molecule has 0 saturated carbocycles. The second-order valence-corrected chi connectivity index (χ2v) is 8.13. The zero-order valence-corrected chi connectivity index (χ0v) is 18.3. The quantitative estimate of drug-likeness (QED) is 0.497. The minimum atomic E-state index is -0.366. The van der Waals surface area contributed by atoms with E-state index in [0.29, 0.717) is 37.3 Å². The van der Waals surface area contributed by atoms with Crippen molar-refractivity contribution in [2.75, 3.05) is 13.7 Å². The van der Waals surface area contributed by atoms with E-state index in [1.807, 2.05) is 30.9 Å². The van der Waals surface area contributed by atoms with Gasteiger partial charge in [-0.25, -0.2) is 14.3 Å². The molecule has 9 heteroatoms. The normalized spacial score (nSPS) is 13.5. The molecule has 1 amide bonds. The lowest BCUT2D eigenvalue weighted by Gasteiger charge is -2.27. The third-order valence-electron chi connectivity index (χ3n) is 6.33. The molecule has 0 fully saturated rings. The second-order valence-electron chi connectivity index (χ2n) is 8.13. The molecule has 5 rings (SSSR count). The largest absolute Gasteiger partial charge is 0.465 e. The number of nitrogens with zero attached hydrogens (tertiary/aromatic N) is 5. The second kappa shape index (κ2) is 7.74.